The molecule has 7 N–H and O–H groups in total. The van der Waals surface area contributed by atoms with Gasteiger partial charge in [0.1, 0.15) is 41.6 Å². The van der Waals surface area contributed by atoms with Crippen LogP contribution in [0.5, 0.6) is 17.2 Å². The first kappa shape index (κ1) is 86.2. The Labute approximate surface area is 634 Å². The number of nitrogens with zero attached hydrogens (tertiary/aromatic N) is 2. The molecule has 0 saturated carbocycles. The Kier molecular flexibility index (Phi) is 41.5. The molecule has 0 aliphatic heterocycles. The molecule has 9 rings (SSSR count). The molecule has 0 saturated heterocycles. The fraction of sp³-hybridized carbons (Fsp3) is 0.160. The largest absolute Gasteiger partial charge is 0.507 e. The summed E-state index contributed by atoms with van der Waals surface area (Å²) in [4.78, 5) is 106. The Bertz CT molecular complexity index is 4060. The second-order valence-electron chi connectivity index (χ2n) is 20.5. The number of amides is 3. The van der Waals surface area contributed by atoms with Gasteiger partial charge >= 0.3 is 11.9 Å². The van der Waals surface area contributed by atoms with Crippen LogP contribution in [-0.4, -0.2) is 122 Å². The van der Waals surface area contributed by atoms with E-state index in [9.17, 15) is 43.2 Å². The van der Waals surface area contributed by atoms with Crippen molar-refractivity contribution in [3.8, 4) is 17.2 Å². The van der Waals surface area contributed by atoms with Gasteiger partial charge < -0.3 is 51.0 Å². The van der Waals surface area contributed by atoms with Crippen molar-refractivity contribution in [3.63, 3.8) is 0 Å². The van der Waals surface area contributed by atoms with E-state index in [0.29, 0.717) is 6.42 Å². The first-order valence-corrected chi connectivity index (χ1v) is 34.7. The number of ketones is 3. The van der Waals surface area contributed by atoms with Crippen LogP contribution >= 0.6 is 98.5 Å². The number of esters is 1. The van der Waals surface area contributed by atoms with Gasteiger partial charge in [0.15, 0.2) is 17.3 Å². The molecule has 0 aromatic heterocycles. The number of carboxylic acids is 1. The molecule has 0 atom stereocenters. The molecule has 9 aromatic rings. The monoisotopic (exact) mass is 1690 g/mol. The summed E-state index contributed by atoms with van der Waals surface area (Å²) in [7, 11) is 4.64. The van der Waals surface area contributed by atoms with Crippen LogP contribution < -0.4 is 36.1 Å². The number of phenolic OH excluding ortho intramolecular Hbond substituents is 1. The van der Waals surface area contributed by atoms with Crippen molar-refractivity contribution in [2.45, 2.75) is 19.3 Å². The summed E-state index contributed by atoms with van der Waals surface area (Å²) in [5, 5.41) is 20.2. The molecule has 26 heteroatoms. The second-order valence-corrected chi connectivity index (χ2v) is 25.2. The summed E-state index contributed by atoms with van der Waals surface area (Å²) in [6.07, 6.45) is 0.918. The van der Waals surface area contributed by atoms with Crippen molar-refractivity contribution >= 4 is 168 Å². The molecule has 9 aromatic carbocycles. The van der Waals surface area contributed by atoms with E-state index in [1.165, 1.54) is 36.3 Å². The summed E-state index contributed by atoms with van der Waals surface area (Å²) >= 11 is 28.2. The van der Waals surface area contributed by atoms with Crippen LogP contribution in [0.1, 0.15) is 47.8 Å². The summed E-state index contributed by atoms with van der Waals surface area (Å²) in [6, 6.07) is 67.8. The number of carbonyl (C=O) groups is 9. The van der Waals surface area contributed by atoms with Gasteiger partial charge in [0, 0.05) is 68.3 Å². The Morgan fingerprint density at radius 3 is 1.18 bits per heavy atom. The van der Waals surface area contributed by atoms with Crippen LogP contribution in [0.15, 0.2) is 248 Å². The lowest BCUT2D eigenvalue weighted by Gasteiger charge is -2.18. The quantitative estimate of drug-likeness (QED) is 0.0182. The third-order valence-electron chi connectivity index (χ3n) is 13.0. The molecule has 3 amide bonds. The zero-order valence-corrected chi connectivity index (χ0v) is 63.4. The number of nitrogens with one attached hydrogen (secondary N) is 1. The van der Waals surface area contributed by atoms with Crippen molar-refractivity contribution in [1.82, 2.24) is 5.32 Å². The van der Waals surface area contributed by atoms with Gasteiger partial charge in [0.2, 0.25) is 17.1 Å². The number of nitrogens with two attached hydrogens (primary N) is 2. The van der Waals surface area contributed by atoms with Gasteiger partial charge in [-0.25, -0.2) is 9.59 Å². The first-order chi connectivity index (χ1) is 48.3. The Balaban J connectivity index is 0.000000331. The molecule has 0 fully saturated rings. The van der Waals surface area contributed by atoms with Gasteiger partial charge in [-0.2, -0.15) is 0 Å². The second kappa shape index (κ2) is 48.7. The minimum absolute atomic E-state index is 0.0470. The van der Waals surface area contributed by atoms with Crippen LogP contribution in [-0.2, 0) is 52.8 Å². The molecule has 0 heterocycles. The van der Waals surface area contributed by atoms with Gasteiger partial charge in [0.05, 0.1) is 37.5 Å². The maximum absolute atomic E-state index is 12.6. The number of phenols is 1. The maximum Gasteiger partial charge on any atom is 0.341 e. The third-order valence-corrected chi connectivity index (χ3v) is 15.9. The highest BCUT2D eigenvalue weighted by molar-refractivity contribution is 9.11. The van der Waals surface area contributed by atoms with Gasteiger partial charge in [-0.1, -0.05) is 173 Å². The lowest BCUT2D eigenvalue weighted by molar-refractivity contribution is -0.121. The average molecular weight is 1690 g/mol. The summed E-state index contributed by atoms with van der Waals surface area (Å²) in [5.74, 6) is -2.12. The number of benzene rings is 9. The van der Waals surface area contributed by atoms with Crippen molar-refractivity contribution in [2.24, 2.45) is 5.73 Å². The standard InChI is InChI=1S/C25H23BrN2O4.C16H13BrO4.C9H8BrClO.C9H12N2O.C8H8O3.C6H6BrN.C2H2Cl2O/c1-28(20-7-3-2-4-8-20)24(30)16-27-25(31)22-9-5-6-10-23(22)32-17-21(29)15-18-11-13-19(26)14-12-18;17-12-7-5-11(6-8-12)9-13(18)10-21-15-4-2-1-3-14(15)16(19)20;10-8-3-1-7(2-4-8)5-9(12)6-11;1-11(9(12)7-10)8-5-3-2-4-6-8;1-11-8(10)6-4-2-3-5-7(6)9;7-5-1-3-6(8)4-2-5;3-1-2(4)5/h2-14H,15-17H2,1H3,(H,27,31);1-8H,9-10H2,(H,19,20);1-4H,5-6H2;2-6H,7,10H2,1H3;2-5,9H,1H3;1-4H,8H2;1H2. The number of hydrogen-bond acceptors (Lipinski definition) is 15. The van der Waals surface area contributed by atoms with E-state index in [4.69, 9.17) is 66.0 Å². The normalized spacial score (nSPS) is 9.77. The highest BCUT2D eigenvalue weighted by atomic mass is 79.9. The van der Waals surface area contributed by atoms with Crippen LogP contribution in [0.3, 0.4) is 0 Å². The molecule has 19 nitrogen and oxygen atoms in total. The number of ether oxygens (including phenoxy) is 3. The van der Waals surface area contributed by atoms with Gasteiger partial charge in [-0.3, -0.25) is 33.6 Å². The van der Waals surface area contributed by atoms with Crippen LogP contribution in [0.2, 0.25) is 0 Å². The number of alkyl halides is 2. The fourth-order valence-electron chi connectivity index (χ4n) is 7.82. The fourth-order valence-corrected chi connectivity index (χ4v) is 8.97. The summed E-state index contributed by atoms with van der Waals surface area (Å²) in [6.45, 7) is -0.428. The Hall–Kier alpha value is -9.04. The number of methoxy groups -OCH3 is 1. The maximum atomic E-state index is 12.6. The number of nitrogen functional groups attached to an aromatic ring is 1. The lowest BCUT2D eigenvalue weighted by Crippen LogP contribution is -2.38. The zero-order chi connectivity index (χ0) is 74.7. The lowest BCUT2D eigenvalue weighted by atomic mass is 10.1. The molecule has 0 radical (unpaired) electrons. The van der Waals surface area contributed by atoms with Crippen molar-refractivity contribution in [3.05, 3.63) is 282 Å². The molecular weight excluding hydrogens is 1620 g/mol. The third kappa shape index (κ3) is 35.2. The van der Waals surface area contributed by atoms with Gasteiger partial charge in [-0.15, -0.1) is 23.2 Å². The number of anilines is 3. The van der Waals surface area contributed by atoms with Gasteiger partial charge in [0.25, 0.3) is 5.91 Å². The molecular formula is C75H72Br4Cl3N5O14. The Morgan fingerprint density at radius 1 is 0.465 bits per heavy atom. The van der Waals surface area contributed by atoms with Crippen molar-refractivity contribution in [1.29, 1.82) is 0 Å². The number of hydrogen-bond donors (Lipinski definition) is 5. The van der Waals surface area contributed by atoms with Crippen molar-refractivity contribution < 1.29 is 67.6 Å². The zero-order valence-electron chi connectivity index (χ0n) is 54.8. The molecule has 0 aliphatic rings. The highest BCUT2D eigenvalue weighted by Crippen LogP contribution is 2.22. The van der Waals surface area contributed by atoms with Crippen LogP contribution in [0.4, 0.5) is 17.1 Å². The van der Waals surface area contributed by atoms with E-state index in [0.717, 1.165) is 51.6 Å². The number of likely N-dealkylation sites (N-methyl/N-ethyl adjacent to an activating group) is 2. The van der Waals surface area contributed by atoms with E-state index in [1.807, 2.05) is 158 Å². The van der Waals surface area contributed by atoms with Crippen LogP contribution in [0.25, 0.3) is 0 Å². The van der Waals surface area contributed by atoms with Crippen LogP contribution in [0, 0.1) is 0 Å². The molecule has 530 valence electrons. The minimum atomic E-state index is -1.08. The molecule has 0 unspecified atom stereocenters. The summed E-state index contributed by atoms with van der Waals surface area (Å²) in [5.41, 5.74) is 16.3. The predicted octanol–water partition coefficient (Wildman–Crippen LogP) is 15.0. The summed E-state index contributed by atoms with van der Waals surface area (Å²) < 4.78 is 19.3. The number of carbonyl (C=O) groups excluding carboxylic acids is 8. The number of carboxylic acid groups (broad SMARTS) is 1. The van der Waals surface area contributed by atoms with Crippen molar-refractivity contribution in [2.75, 3.05) is 74.8 Å². The number of aromatic hydroxyl groups is 1. The minimum Gasteiger partial charge on any atom is -0.507 e. The van der Waals surface area contributed by atoms with E-state index < -0.39 is 23.1 Å². The molecule has 101 heavy (non-hydrogen) atoms. The topological polar surface area (TPSA) is 292 Å². The molecule has 0 aliphatic carbocycles. The number of Topliss-reactive ketones (excluding diaryl/α,β-unsaturated/α-hetero) is 3. The smallest absolute Gasteiger partial charge is 0.341 e. The average Bonchev–Trinajstić information content (AvgIpc) is 0.879. The van der Waals surface area contributed by atoms with E-state index >= 15 is 0 Å². The number of para-hydroxylation sites is 5. The van der Waals surface area contributed by atoms with E-state index in [2.05, 4.69) is 73.8 Å². The number of rotatable bonds is 22. The highest BCUT2D eigenvalue weighted by Gasteiger charge is 2.18. The Morgan fingerprint density at radius 2 is 0.812 bits per heavy atom. The SMILES string of the molecule is CN(C(=O)CN)c1ccccc1.CN(C(=O)CNC(=O)c1ccccc1OCC(=O)Cc1ccc(Br)cc1)c1ccccc1.COC(=O)c1ccccc1O.Nc1ccc(Br)cc1.O=C(CCl)Cc1ccc(Br)cc1.O=C(COc1ccccc1C(=O)O)Cc1ccc(Br)cc1.O=C(Cl)CCl. The first-order valence-electron chi connectivity index (χ1n) is 30.0. The van der Waals surface area contributed by atoms with Gasteiger partial charge in [-0.05, 0) is 150 Å². The number of halogens is 7. The van der Waals surface area contributed by atoms with E-state index in [-0.39, 0.29) is 114 Å². The predicted molar refractivity (Wildman–Crippen MR) is 411 cm³/mol. The molecule has 0 bridgehead atoms. The number of aromatic carboxylic acids is 1. The molecule has 0 spiro atoms. The van der Waals surface area contributed by atoms with E-state index in [1.54, 1.807) is 67.5 Å².